The fourth-order valence-electron chi connectivity index (χ4n) is 2.46. The van der Waals surface area contributed by atoms with Crippen LogP contribution in [0.5, 0.6) is 0 Å². The van der Waals surface area contributed by atoms with Crippen LogP contribution < -0.4 is 16.0 Å². The number of benzene rings is 2. The molecule has 0 spiro atoms. The molecular weight excluding hydrogens is 365 g/mol. The van der Waals surface area contributed by atoms with Crippen LogP contribution in [0.1, 0.15) is 25.3 Å². The molecule has 7 heteroatoms. The van der Waals surface area contributed by atoms with E-state index in [0.29, 0.717) is 12.1 Å². The van der Waals surface area contributed by atoms with Crippen molar-refractivity contribution in [1.82, 2.24) is 10.6 Å². The Hall–Kier alpha value is -2.54. The standard InChI is InChI=1S/C20H24FN3O2S/c1-3-4-18(19(25)23-16-9-11-17(27-2)12-10-16)24-20(26)22-13-14-5-7-15(21)8-6-14/h5-12,18H,3-4,13H2,1-2H3,(H,23,25)(H2,22,24,26)/t18-/m0/s1. The van der Waals surface area contributed by atoms with Gasteiger partial charge in [0.05, 0.1) is 0 Å². The molecular formula is C20H24FN3O2S. The maximum Gasteiger partial charge on any atom is 0.315 e. The lowest BCUT2D eigenvalue weighted by atomic mass is 10.1. The van der Waals surface area contributed by atoms with Gasteiger partial charge in [-0.3, -0.25) is 4.79 Å². The van der Waals surface area contributed by atoms with Crippen LogP contribution in [0.4, 0.5) is 14.9 Å². The summed E-state index contributed by atoms with van der Waals surface area (Å²) in [5.41, 5.74) is 1.46. The van der Waals surface area contributed by atoms with E-state index in [1.165, 1.54) is 12.1 Å². The van der Waals surface area contributed by atoms with E-state index in [4.69, 9.17) is 0 Å². The Morgan fingerprint density at radius 1 is 1.07 bits per heavy atom. The molecule has 3 amide bonds. The summed E-state index contributed by atoms with van der Waals surface area (Å²) in [6, 6.07) is 12.3. The number of anilines is 1. The van der Waals surface area contributed by atoms with Crippen LogP contribution in [-0.2, 0) is 11.3 Å². The number of nitrogens with one attached hydrogen (secondary N) is 3. The molecule has 144 valence electrons. The van der Waals surface area contributed by atoms with Crippen LogP contribution in [0.25, 0.3) is 0 Å². The van der Waals surface area contributed by atoms with Gasteiger partial charge in [-0.1, -0.05) is 25.5 Å². The molecule has 0 aliphatic carbocycles. The molecule has 0 fully saturated rings. The van der Waals surface area contributed by atoms with Crippen LogP contribution in [0.15, 0.2) is 53.4 Å². The quantitative estimate of drug-likeness (QED) is 0.594. The third kappa shape index (κ3) is 6.94. The van der Waals surface area contributed by atoms with Gasteiger partial charge in [-0.15, -0.1) is 11.8 Å². The van der Waals surface area contributed by atoms with Gasteiger partial charge in [-0.05, 0) is 54.6 Å². The highest BCUT2D eigenvalue weighted by atomic mass is 32.2. The molecule has 0 radical (unpaired) electrons. The molecule has 1 atom stereocenters. The third-order valence-corrected chi connectivity index (χ3v) is 4.67. The Labute approximate surface area is 163 Å². The van der Waals surface area contributed by atoms with Gasteiger partial charge in [0.15, 0.2) is 0 Å². The van der Waals surface area contributed by atoms with Crippen molar-refractivity contribution in [3.63, 3.8) is 0 Å². The molecule has 0 aliphatic rings. The maximum absolute atomic E-state index is 12.9. The van der Waals surface area contributed by atoms with Crippen molar-refractivity contribution in [1.29, 1.82) is 0 Å². The SMILES string of the molecule is CCC[C@H](NC(=O)NCc1ccc(F)cc1)C(=O)Nc1ccc(SC)cc1. The normalized spacial score (nSPS) is 11.5. The molecule has 0 saturated carbocycles. The summed E-state index contributed by atoms with van der Waals surface area (Å²) in [7, 11) is 0. The van der Waals surface area contributed by atoms with Gasteiger partial charge >= 0.3 is 6.03 Å². The van der Waals surface area contributed by atoms with Gasteiger partial charge < -0.3 is 16.0 Å². The maximum atomic E-state index is 12.9. The van der Waals surface area contributed by atoms with Crippen molar-refractivity contribution in [2.75, 3.05) is 11.6 Å². The lowest BCUT2D eigenvalue weighted by Crippen LogP contribution is -2.47. The lowest BCUT2D eigenvalue weighted by Gasteiger charge is -2.18. The van der Waals surface area contributed by atoms with E-state index in [1.807, 2.05) is 37.4 Å². The first kappa shape index (κ1) is 20.8. The molecule has 0 aromatic heterocycles. The molecule has 0 aliphatic heterocycles. The zero-order valence-corrected chi connectivity index (χ0v) is 16.2. The van der Waals surface area contributed by atoms with Crippen LogP contribution in [-0.4, -0.2) is 24.2 Å². The second-order valence-corrected chi connectivity index (χ2v) is 6.89. The number of amides is 3. The predicted octanol–water partition coefficient (Wildman–Crippen LogP) is 4.15. The summed E-state index contributed by atoms with van der Waals surface area (Å²) in [5, 5.41) is 8.22. The number of hydrogen-bond acceptors (Lipinski definition) is 3. The van der Waals surface area contributed by atoms with E-state index in [9.17, 15) is 14.0 Å². The smallest absolute Gasteiger partial charge is 0.315 e. The number of carbonyl (C=O) groups excluding carboxylic acids is 2. The third-order valence-electron chi connectivity index (χ3n) is 3.92. The summed E-state index contributed by atoms with van der Waals surface area (Å²) in [4.78, 5) is 25.7. The molecule has 5 nitrogen and oxygen atoms in total. The molecule has 3 N–H and O–H groups in total. The van der Waals surface area contributed by atoms with Crippen LogP contribution >= 0.6 is 11.8 Å². The van der Waals surface area contributed by atoms with E-state index in [-0.39, 0.29) is 18.3 Å². The zero-order chi connectivity index (χ0) is 19.6. The highest BCUT2D eigenvalue weighted by Gasteiger charge is 2.20. The minimum Gasteiger partial charge on any atom is -0.334 e. The molecule has 0 saturated heterocycles. The Morgan fingerprint density at radius 2 is 1.74 bits per heavy atom. The van der Waals surface area contributed by atoms with Gasteiger partial charge in [0.1, 0.15) is 11.9 Å². The zero-order valence-electron chi connectivity index (χ0n) is 15.4. The highest BCUT2D eigenvalue weighted by molar-refractivity contribution is 7.98. The van der Waals surface area contributed by atoms with Crippen molar-refractivity contribution >= 4 is 29.4 Å². The molecule has 2 aromatic rings. The summed E-state index contributed by atoms with van der Waals surface area (Å²) in [6.45, 7) is 2.20. The number of rotatable bonds is 8. The van der Waals surface area contributed by atoms with Gasteiger partial charge in [0.25, 0.3) is 0 Å². The second kappa shape index (κ2) is 10.6. The van der Waals surface area contributed by atoms with Gasteiger partial charge in [0, 0.05) is 17.1 Å². The molecule has 0 heterocycles. The van der Waals surface area contributed by atoms with Crippen molar-refractivity contribution in [3.05, 3.63) is 59.9 Å². The van der Waals surface area contributed by atoms with E-state index >= 15 is 0 Å². The van der Waals surface area contributed by atoms with E-state index in [2.05, 4.69) is 16.0 Å². The molecule has 2 aromatic carbocycles. The average molecular weight is 389 g/mol. The van der Waals surface area contributed by atoms with Crippen LogP contribution in [0.3, 0.4) is 0 Å². The van der Waals surface area contributed by atoms with E-state index in [1.54, 1.807) is 23.9 Å². The van der Waals surface area contributed by atoms with Crippen molar-refractivity contribution in [2.45, 2.75) is 37.2 Å². The van der Waals surface area contributed by atoms with Gasteiger partial charge in [-0.25, -0.2) is 9.18 Å². The number of halogens is 1. The fourth-order valence-corrected chi connectivity index (χ4v) is 2.86. The highest BCUT2D eigenvalue weighted by Crippen LogP contribution is 2.17. The van der Waals surface area contributed by atoms with E-state index < -0.39 is 12.1 Å². The largest absolute Gasteiger partial charge is 0.334 e. The summed E-state index contributed by atoms with van der Waals surface area (Å²) in [5.74, 6) is -0.584. The Kier molecular flexibility index (Phi) is 8.13. The Balaban J connectivity index is 1.89. The average Bonchev–Trinajstić information content (AvgIpc) is 2.68. The molecule has 2 rings (SSSR count). The predicted molar refractivity (Wildman–Crippen MR) is 107 cm³/mol. The Morgan fingerprint density at radius 3 is 2.33 bits per heavy atom. The van der Waals surface area contributed by atoms with Crippen LogP contribution in [0, 0.1) is 5.82 Å². The summed E-state index contributed by atoms with van der Waals surface area (Å²) in [6.07, 6.45) is 3.26. The summed E-state index contributed by atoms with van der Waals surface area (Å²) < 4.78 is 12.9. The monoisotopic (exact) mass is 389 g/mol. The first-order valence-electron chi connectivity index (χ1n) is 8.75. The molecule has 0 bridgehead atoms. The molecule has 27 heavy (non-hydrogen) atoms. The molecule has 0 unspecified atom stereocenters. The fraction of sp³-hybridized carbons (Fsp3) is 0.300. The first-order valence-corrected chi connectivity index (χ1v) is 9.98. The second-order valence-electron chi connectivity index (χ2n) is 6.01. The van der Waals surface area contributed by atoms with Gasteiger partial charge in [0.2, 0.25) is 5.91 Å². The minimum absolute atomic E-state index is 0.253. The Bertz CT molecular complexity index is 751. The topological polar surface area (TPSA) is 70.2 Å². The van der Waals surface area contributed by atoms with E-state index in [0.717, 1.165) is 16.9 Å². The number of hydrogen-bond donors (Lipinski definition) is 3. The van der Waals surface area contributed by atoms with Gasteiger partial charge in [-0.2, -0.15) is 0 Å². The van der Waals surface area contributed by atoms with Crippen molar-refractivity contribution < 1.29 is 14.0 Å². The van der Waals surface area contributed by atoms with Crippen molar-refractivity contribution in [3.8, 4) is 0 Å². The summed E-state index contributed by atoms with van der Waals surface area (Å²) >= 11 is 1.62. The van der Waals surface area contributed by atoms with Crippen LogP contribution in [0.2, 0.25) is 0 Å². The number of urea groups is 1. The van der Waals surface area contributed by atoms with Crippen molar-refractivity contribution in [2.24, 2.45) is 0 Å². The minimum atomic E-state index is -0.636. The number of carbonyl (C=O) groups is 2. The number of thioether (sulfide) groups is 1. The first-order chi connectivity index (χ1) is 13.0. The lowest BCUT2D eigenvalue weighted by molar-refractivity contribution is -0.118.